The summed E-state index contributed by atoms with van der Waals surface area (Å²) in [7, 11) is 0. The molecule has 0 fully saturated rings. The summed E-state index contributed by atoms with van der Waals surface area (Å²) < 4.78 is 4.92. The number of amides is 3. The Morgan fingerprint density at radius 2 is 2.08 bits per heavy atom. The summed E-state index contributed by atoms with van der Waals surface area (Å²) in [5.74, 6) is 0.357. The van der Waals surface area contributed by atoms with Crippen molar-refractivity contribution in [1.29, 1.82) is 0 Å². The Balaban J connectivity index is 1.97. The summed E-state index contributed by atoms with van der Waals surface area (Å²) in [6.45, 7) is 3.33. The van der Waals surface area contributed by atoms with E-state index in [1.54, 1.807) is 38.1 Å². The molecule has 8 nitrogen and oxygen atoms in total. The van der Waals surface area contributed by atoms with E-state index in [-0.39, 0.29) is 17.1 Å². The second kappa shape index (κ2) is 6.07. The topological polar surface area (TPSA) is 116 Å². The van der Waals surface area contributed by atoms with Crippen molar-refractivity contribution in [3.63, 3.8) is 0 Å². The first-order valence-corrected chi connectivity index (χ1v) is 7.26. The van der Waals surface area contributed by atoms with Gasteiger partial charge in [-0.15, -0.1) is 0 Å². The molecule has 0 bridgehead atoms. The maximum absolute atomic E-state index is 12.7. The zero-order valence-corrected chi connectivity index (χ0v) is 13.1. The van der Waals surface area contributed by atoms with Crippen molar-refractivity contribution in [2.75, 3.05) is 5.32 Å². The molecular formula is C16H16N4O4. The first-order valence-electron chi connectivity index (χ1n) is 7.26. The molecule has 2 aromatic rings. The number of nitrogens with zero attached hydrogens (tertiary/aromatic N) is 1. The molecular weight excluding hydrogens is 312 g/mol. The van der Waals surface area contributed by atoms with Gasteiger partial charge in [0.2, 0.25) is 0 Å². The van der Waals surface area contributed by atoms with Crippen LogP contribution >= 0.6 is 0 Å². The van der Waals surface area contributed by atoms with Gasteiger partial charge >= 0.3 is 6.03 Å². The van der Waals surface area contributed by atoms with Gasteiger partial charge in [-0.25, -0.2) is 4.79 Å². The predicted molar refractivity (Wildman–Crippen MR) is 85.1 cm³/mol. The molecule has 8 heteroatoms. The average molecular weight is 328 g/mol. The summed E-state index contributed by atoms with van der Waals surface area (Å²) in [4.78, 5) is 24.5. The number of para-hydroxylation sites is 1. The fourth-order valence-corrected chi connectivity index (χ4v) is 2.57. The lowest BCUT2D eigenvalue weighted by Crippen LogP contribution is -2.46. The third-order valence-electron chi connectivity index (χ3n) is 3.63. The average Bonchev–Trinajstić information content (AvgIpc) is 2.91. The minimum absolute atomic E-state index is 0.0138. The lowest BCUT2D eigenvalue weighted by molar-refractivity contribution is -0.113. The Bertz CT molecular complexity index is 840. The van der Waals surface area contributed by atoms with Gasteiger partial charge in [-0.3, -0.25) is 4.79 Å². The van der Waals surface area contributed by atoms with E-state index < -0.39 is 18.0 Å². The molecule has 1 aromatic carbocycles. The number of anilines is 1. The maximum Gasteiger partial charge on any atom is 0.319 e. The Morgan fingerprint density at radius 1 is 1.33 bits per heavy atom. The lowest BCUT2D eigenvalue weighted by Gasteiger charge is -2.28. The molecule has 0 saturated heterocycles. The highest BCUT2D eigenvalue weighted by Gasteiger charge is 2.32. The van der Waals surface area contributed by atoms with Crippen LogP contribution in [0.2, 0.25) is 0 Å². The van der Waals surface area contributed by atoms with Crippen LogP contribution in [0.5, 0.6) is 5.75 Å². The number of phenolic OH excluding ortho intramolecular Hbond substituents is 1. The van der Waals surface area contributed by atoms with Gasteiger partial charge in [0.15, 0.2) is 5.82 Å². The highest BCUT2D eigenvalue weighted by molar-refractivity contribution is 6.06. The largest absolute Gasteiger partial charge is 0.508 e. The smallest absolute Gasteiger partial charge is 0.319 e. The van der Waals surface area contributed by atoms with Gasteiger partial charge in [-0.2, -0.15) is 0 Å². The van der Waals surface area contributed by atoms with Gasteiger partial charge in [0.05, 0.1) is 11.6 Å². The van der Waals surface area contributed by atoms with E-state index in [0.717, 1.165) is 0 Å². The number of nitrogens with one attached hydrogen (secondary N) is 3. The van der Waals surface area contributed by atoms with Crippen molar-refractivity contribution < 1.29 is 19.2 Å². The molecule has 4 N–H and O–H groups in total. The molecule has 124 valence electrons. The van der Waals surface area contributed by atoms with Crippen molar-refractivity contribution in [2.45, 2.75) is 19.9 Å². The number of phenols is 1. The van der Waals surface area contributed by atoms with E-state index >= 15 is 0 Å². The van der Waals surface area contributed by atoms with E-state index in [1.165, 1.54) is 6.07 Å². The number of carbonyl (C=O) groups excluding carboxylic acids is 2. The molecule has 1 aliphatic heterocycles. The Hall–Kier alpha value is -3.29. The highest BCUT2D eigenvalue weighted by Crippen LogP contribution is 2.32. The van der Waals surface area contributed by atoms with Crippen LogP contribution in [-0.4, -0.2) is 22.2 Å². The number of rotatable bonds is 3. The highest BCUT2D eigenvalue weighted by atomic mass is 16.5. The first kappa shape index (κ1) is 15.6. The number of aryl methyl sites for hydroxylation is 1. The minimum atomic E-state index is -0.784. The van der Waals surface area contributed by atoms with E-state index in [9.17, 15) is 14.7 Å². The molecule has 24 heavy (non-hydrogen) atoms. The molecule has 1 aliphatic rings. The summed E-state index contributed by atoms with van der Waals surface area (Å²) in [6, 6.07) is 6.87. The lowest BCUT2D eigenvalue weighted by atomic mass is 9.94. The van der Waals surface area contributed by atoms with Gasteiger partial charge in [-0.1, -0.05) is 23.4 Å². The number of aromatic nitrogens is 1. The Labute approximate surface area is 137 Å². The molecule has 0 saturated carbocycles. The summed E-state index contributed by atoms with van der Waals surface area (Å²) in [6.07, 6.45) is 0. The van der Waals surface area contributed by atoms with E-state index in [1.807, 2.05) is 0 Å². The number of carbonyl (C=O) groups is 2. The van der Waals surface area contributed by atoms with Crippen LogP contribution in [0.1, 0.15) is 24.3 Å². The fraction of sp³-hybridized carbons (Fsp3) is 0.188. The molecule has 1 atom stereocenters. The van der Waals surface area contributed by atoms with Crippen molar-refractivity contribution in [2.24, 2.45) is 0 Å². The van der Waals surface area contributed by atoms with Crippen LogP contribution in [0, 0.1) is 6.92 Å². The number of allylic oxidation sites excluding steroid dienone is 1. The van der Waals surface area contributed by atoms with Crippen LogP contribution in [0.4, 0.5) is 10.6 Å². The minimum Gasteiger partial charge on any atom is -0.508 e. The molecule has 1 aromatic heterocycles. The van der Waals surface area contributed by atoms with Gasteiger partial charge in [0, 0.05) is 17.3 Å². The molecule has 1 unspecified atom stereocenters. The second-order valence-electron chi connectivity index (χ2n) is 5.41. The van der Waals surface area contributed by atoms with Gasteiger partial charge in [0.1, 0.15) is 11.5 Å². The molecule has 3 rings (SSSR count). The first-order chi connectivity index (χ1) is 11.5. The Morgan fingerprint density at radius 3 is 2.75 bits per heavy atom. The van der Waals surface area contributed by atoms with Crippen molar-refractivity contribution in [3.05, 3.63) is 52.9 Å². The van der Waals surface area contributed by atoms with Crippen LogP contribution in [0.3, 0.4) is 0 Å². The zero-order valence-electron chi connectivity index (χ0n) is 13.1. The molecule has 0 spiro atoms. The van der Waals surface area contributed by atoms with Crippen molar-refractivity contribution >= 4 is 17.8 Å². The Kier molecular flexibility index (Phi) is 3.95. The van der Waals surface area contributed by atoms with Gasteiger partial charge in [-0.05, 0) is 19.9 Å². The predicted octanol–water partition coefficient (Wildman–Crippen LogP) is 1.96. The number of benzene rings is 1. The van der Waals surface area contributed by atoms with Crippen molar-refractivity contribution in [3.8, 4) is 5.75 Å². The van der Waals surface area contributed by atoms with Crippen LogP contribution in [-0.2, 0) is 4.79 Å². The molecule has 0 radical (unpaired) electrons. The SMILES string of the molecule is CC1=C(C(=O)Nc2cc(C)on2)C(c2ccccc2O)NC(=O)N1. The fourth-order valence-electron chi connectivity index (χ4n) is 2.57. The maximum atomic E-state index is 12.7. The third-order valence-corrected chi connectivity index (χ3v) is 3.63. The van der Waals surface area contributed by atoms with Crippen LogP contribution in [0.15, 0.2) is 46.1 Å². The molecule has 2 heterocycles. The number of aromatic hydroxyl groups is 1. The van der Waals surface area contributed by atoms with Crippen LogP contribution in [0.25, 0.3) is 0 Å². The summed E-state index contributed by atoms with van der Waals surface area (Å²) in [5, 5.41) is 21.6. The van der Waals surface area contributed by atoms with E-state index in [2.05, 4.69) is 21.1 Å². The van der Waals surface area contributed by atoms with Gasteiger partial charge in [0.25, 0.3) is 5.91 Å². The quantitative estimate of drug-likeness (QED) is 0.687. The summed E-state index contributed by atoms with van der Waals surface area (Å²) in [5.41, 5.74) is 1.09. The van der Waals surface area contributed by atoms with Crippen molar-refractivity contribution in [1.82, 2.24) is 15.8 Å². The monoisotopic (exact) mass is 328 g/mol. The van der Waals surface area contributed by atoms with E-state index in [4.69, 9.17) is 4.52 Å². The third kappa shape index (κ3) is 2.94. The molecule has 0 aliphatic carbocycles. The van der Waals surface area contributed by atoms with E-state index in [0.29, 0.717) is 17.0 Å². The number of hydrogen-bond acceptors (Lipinski definition) is 5. The summed E-state index contributed by atoms with van der Waals surface area (Å²) >= 11 is 0. The zero-order chi connectivity index (χ0) is 17.3. The second-order valence-corrected chi connectivity index (χ2v) is 5.41. The molecule has 3 amide bonds. The van der Waals surface area contributed by atoms with Crippen LogP contribution < -0.4 is 16.0 Å². The number of urea groups is 1. The van der Waals surface area contributed by atoms with Gasteiger partial charge < -0.3 is 25.6 Å². The normalized spacial score (nSPS) is 17.2. The standard InChI is InChI=1S/C16H16N4O4/c1-8-7-12(20-24-8)18-15(22)13-9(2)17-16(23)19-14(13)10-5-3-4-6-11(10)21/h3-7,14,21H,1-2H3,(H2,17,19,23)(H,18,20,22). The number of hydrogen-bond donors (Lipinski definition) is 4.